The van der Waals surface area contributed by atoms with Gasteiger partial charge in [-0.25, -0.2) is 17.5 Å². The van der Waals surface area contributed by atoms with E-state index in [1.807, 2.05) is 17.5 Å². The molecule has 1 atom stereocenters. The molecule has 2 rings (SSSR count). The lowest BCUT2D eigenvalue weighted by Gasteiger charge is -2.20. The molecule has 0 fully saturated rings. The summed E-state index contributed by atoms with van der Waals surface area (Å²) >= 11 is 1.54. The van der Waals surface area contributed by atoms with Gasteiger partial charge in [-0.1, -0.05) is 26.0 Å². The van der Waals surface area contributed by atoms with E-state index in [0.29, 0.717) is 5.92 Å². The van der Waals surface area contributed by atoms with Gasteiger partial charge in [0.2, 0.25) is 10.0 Å². The van der Waals surface area contributed by atoms with Crippen molar-refractivity contribution in [3.8, 4) is 0 Å². The highest BCUT2D eigenvalue weighted by Crippen LogP contribution is 2.26. The number of halogens is 1. The Morgan fingerprint density at radius 2 is 2.07 bits per heavy atom. The average molecular weight is 411 g/mol. The quantitative estimate of drug-likeness (QED) is 0.616. The first-order chi connectivity index (χ1) is 12.7. The van der Waals surface area contributed by atoms with E-state index in [1.54, 1.807) is 0 Å². The number of thiophene rings is 1. The fraction of sp³-hybridized carbons (Fsp3) is 0.316. The van der Waals surface area contributed by atoms with E-state index < -0.39 is 26.6 Å². The fourth-order valence-corrected chi connectivity index (χ4v) is 4.44. The second-order valence-corrected chi connectivity index (χ2v) is 9.17. The monoisotopic (exact) mass is 410 g/mol. The van der Waals surface area contributed by atoms with Crippen LogP contribution in [0.15, 0.2) is 53.3 Å². The lowest BCUT2D eigenvalue weighted by molar-refractivity contribution is 0.0932. The van der Waals surface area contributed by atoms with Gasteiger partial charge >= 0.3 is 0 Å². The maximum absolute atomic E-state index is 14.0. The predicted octanol–water partition coefficient (Wildman–Crippen LogP) is 3.87. The van der Waals surface area contributed by atoms with Crippen molar-refractivity contribution < 1.29 is 17.6 Å². The van der Waals surface area contributed by atoms with Crippen molar-refractivity contribution in [3.63, 3.8) is 0 Å². The second kappa shape index (κ2) is 9.25. The minimum absolute atomic E-state index is 0.0347. The molecule has 27 heavy (non-hydrogen) atoms. The second-order valence-electron chi connectivity index (χ2n) is 6.46. The molecule has 1 aromatic heterocycles. The minimum atomic E-state index is -4.07. The summed E-state index contributed by atoms with van der Waals surface area (Å²) in [6.07, 6.45) is 2.09. The van der Waals surface area contributed by atoms with Gasteiger partial charge in [0.25, 0.3) is 5.91 Å². The van der Waals surface area contributed by atoms with E-state index in [-0.39, 0.29) is 18.2 Å². The van der Waals surface area contributed by atoms with Crippen molar-refractivity contribution in [2.75, 3.05) is 6.54 Å². The summed E-state index contributed by atoms with van der Waals surface area (Å²) in [6.45, 7) is 7.50. The van der Waals surface area contributed by atoms with E-state index in [4.69, 9.17) is 0 Å². The number of hydrogen-bond acceptors (Lipinski definition) is 4. The highest BCUT2D eigenvalue weighted by atomic mass is 32.2. The third-order valence-electron chi connectivity index (χ3n) is 3.80. The first-order valence-corrected chi connectivity index (χ1v) is 10.8. The molecule has 0 radical (unpaired) electrons. The van der Waals surface area contributed by atoms with Crippen LogP contribution in [0.2, 0.25) is 0 Å². The van der Waals surface area contributed by atoms with Gasteiger partial charge in [0, 0.05) is 17.0 Å². The topological polar surface area (TPSA) is 75.3 Å². The van der Waals surface area contributed by atoms with Crippen LogP contribution in [0.3, 0.4) is 0 Å². The van der Waals surface area contributed by atoms with E-state index in [9.17, 15) is 17.6 Å². The van der Waals surface area contributed by atoms with Crippen LogP contribution in [-0.2, 0) is 10.0 Å². The first-order valence-electron chi connectivity index (χ1n) is 8.49. The van der Waals surface area contributed by atoms with Gasteiger partial charge in [-0.15, -0.1) is 17.9 Å². The largest absolute Gasteiger partial charge is 0.344 e. The Bertz CT molecular complexity index is 894. The summed E-state index contributed by atoms with van der Waals surface area (Å²) in [5, 5.41) is 4.86. The summed E-state index contributed by atoms with van der Waals surface area (Å²) in [7, 11) is -4.07. The molecule has 0 spiro atoms. The summed E-state index contributed by atoms with van der Waals surface area (Å²) < 4.78 is 40.7. The molecule has 0 aliphatic heterocycles. The summed E-state index contributed by atoms with van der Waals surface area (Å²) in [5.74, 6) is -1.01. The van der Waals surface area contributed by atoms with Crippen LogP contribution in [0.5, 0.6) is 0 Å². The van der Waals surface area contributed by atoms with Crippen molar-refractivity contribution in [1.29, 1.82) is 0 Å². The van der Waals surface area contributed by atoms with Crippen LogP contribution in [-0.4, -0.2) is 20.9 Å². The lowest BCUT2D eigenvalue weighted by Crippen LogP contribution is -2.30. The standard InChI is InChI=1S/C19H23FN2O3S2/c1-4-9-21-27(24,25)18-12-14(7-8-15(18)20)19(23)22-16(11-13(2)3)17-6-5-10-26-17/h4-8,10,12-13,16,21H,1,9,11H2,2-3H3,(H,22,23). The SMILES string of the molecule is C=CCNS(=O)(=O)c1cc(C(=O)NC(CC(C)C)c2cccs2)ccc1F. The van der Waals surface area contributed by atoms with Crippen molar-refractivity contribution in [2.45, 2.75) is 31.2 Å². The van der Waals surface area contributed by atoms with Crippen LogP contribution in [0.25, 0.3) is 0 Å². The predicted molar refractivity (Wildman–Crippen MR) is 106 cm³/mol. The maximum atomic E-state index is 14.0. The number of carbonyl (C=O) groups is 1. The Labute approximate surface area is 163 Å². The first kappa shape index (κ1) is 21.3. The molecule has 1 heterocycles. The van der Waals surface area contributed by atoms with Crippen molar-refractivity contribution in [1.82, 2.24) is 10.0 Å². The zero-order valence-corrected chi connectivity index (χ0v) is 16.9. The van der Waals surface area contributed by atoms with Crippen molar-refractivity contribution in [3.05, 3.63) is 64.6 Å². The van der Waals surface area contributed by atoms with Gasteiger partial charge in [-0.2, -0.15) is 0 Å². The molecule has 1 aromatic carbocycles. The normalized spacial score (nSPS) is 12.7. The third-order valence-corrected chi connectivity index (χ3v) is 6.22. The van der Waals surface area contributed by atoms with Crippen LogP contribution in [0.4, 0.5) is 4.39 Å². The van der Waals surface area contributed by atoms with Gasteiger partial charge in [-0.3, -0.25) is 4.79 Å². The molecule has 0 bridgehead atoms. The van der Waals surface area contributed by atoms with Gasteiger partial charge in [0.15, 0.2) is 0 Å². The summed E-state index contributed by atoms with van der Waals surface area (Å²) in [6, 6.07) is 6.97. The third kappa shape index (κ3) is 5.72. The molecule has 8 heteroatoms. The number of nitrogens with one attached hydrogen (secondary N) is 2. The van der Waals surface area contributed by atoms with E-state index in [1.165, 1.54) is 23.5 Å². The fourth-order valence-electron chi connectivity index (χ4n) is 2.55. The molecule has 1 amide bonds. The van der Waals surface area contributed by atoms with Crippen LogP contribution < -0.4 is 10.0 Å². The Balaban J connectivity index is 2.28. The molecule has 0 aliphatic carbocycles. The zero-order valence-electron chi connectivity index (χ0n) is 15.2. The smallest absolute Gasteiger partial charge is 0.251 e. The van der Waals surface area contributed by atoms with Crippen molar-refractivity contribution >= 4 is 27.3 Å². The number of hydrogen-bond donors (Lipinski definition) is 2. The molecule has 2 N–H and O–H groups in total. The highest BCUT2D eigenvalue weighted by molar-refractivity contribution is 7.89. The maximum Gasteiger partial charge on any atom is 0.251 e. The number of rotatable bonds is 9. The van der Waals surface area contributed by atoms with E-state index >= 15 is 0 Å². The molecule has 0 saturated carbocycles. The van der Waals surface area contributed by atoms with Crippen LogP contribution in [0.1, 0.15) is 41.5 Å². The highest BCUT2D eigenvalue weighted by Gasteiger charge is 2.22. The molecule has 5 nitrogen and oxygen atoms in total. The van der Waals surface area contributed by atoms with E-state index in [0.717, 1.165) is 23.4 Å². The lowest BCUT2D eigenvalue weighted by atomic mass is 10.0. The molecule has 2 aromatic rings. The van der Waals surface area contributed by atoms with Crippen LogP contribution >= 0.6 is 11.3 Å². The number of carbonyl (C=O) groups excluding carboxylic acids is 1. The van der Waals surface area contributed by atoms with Gasteiger partial charge in [-0.05, 0) is 42.0 Å². The van der Waals surface area contributed by atoms with Crippen molar-refractivity contribution in [2.24, 2.45) is 5.92 Å². The number of sulfonamides is 1. The Morgan fingerprint density at radius 1 is 1.33 bits per heavy atom. The number of amides is 1. The minimum Gasteiger partial charge on any atom is -0.344 e. The summed E-state index contributed by atoms with van der Waals surface area (Å²) in [5.41, 5.74) is 0.0840. The molecule has 0 saturated heterocycles. The number of benzene rings is 1. The Hall–Kier alpha value is -2.03. The molecular formula is C19H23FN2O3S2. The van der Waals surface area contributed by atoms with Gasteiger partial charge < -0.3 is 5.32 Å². The molecule has 1 unspecified atom stereocenters. The molecule has 0 aliphatic rings. The Morgan fingerprint density at radius 3 is 2.67 bits per heavy atom. The molecular weight excluding hydrogens is 387 g/mol. The summed E-state index contributed by atoms with van der Waals surface area (Å²) in [4.78, 5) is 13.1. The van der Waals surface area contributed by atoms with Gasteiger partial charge in [0.1, 0.15) is 10.7 Å². The van der Waals surface area contributed by atoms with Gasteiger partial charge in [0.05, 0.1) is 6.04 Å². The van der Waals surface area contributed by atoms with E-state index in [2.05, 4.69) is 30.5 Å². The molecule has 146 valence electrons. The zero-order chi connectivity index (χ0) is 20.0. The average Bonchev–Trinajstić information content (AvgIpc) is 3.13. The van der Waals surface area contributed by atoms with Crippen LogP contribution in [0, 0.1) is 11.7 Å². The Kier molecular flexibility index (Phi) is 7.29.